The molecule has 1 saturated carbocycles. The lowest BCUT2D eigenvalue weighted by molar-refractivity contribution is 0.591. The molecule has 1 N–H and O–H groups in total. The van der Waals surface area contributed by atoms with E-state index < -0.39 is 0 Å². The van der Waals surface area contributed by atoms with Crippen molar-refractivity contribution in [2.24, 2.45) is 5.92 Å². The predicted molar refractivity (Wildman–Crippen MR) is 51.2 cm³/mol. The second kappa shape index (κ2) is 3.86. The molecular formula is C9H11N3S. The van der Waals surface area contributed by atoms with Gasteiger partial charge in [-0.05, 0) is 25.3 Å². The molecule has 0 aliphatic heterocycles. The average Bonchev–Trinajstić information content (AvgIpc) is 2.81. The summed E-state index contributed by atoms with van der Waals surface area (Å²) in [5, 5.41) is 14.9. The molecule has 1 heterocycles. The van der Waals surface area contributed by atoms with Crippen LogP contribution in [0.4, 0.5) is 0 Å². The molecule has 1 atom stereocenters. The van der Waals surface area contributed by atoms with Crippen molar-refractivity contribution in [1.82, 2.24) is 10.3 Å². The van der Waals surface area contributed by atoms with Crippen molar-refractivity contribution in [2.75, 3.05) is 6.54 Å². The SMILES string of the molecule is N#CC(NCC1CC1)c1nccs1. The van der Waals surface area contributed by atoms with Crippen molar-refractivity contribution >= 4 is 11.3 Å². The van der Waals surface area contributed by atoms with Crippen LogP contribution in [0.5, 0.6) is 0 Å². The molecule has 0 radical (unpaired) electrons. The monoisotopic (exact) mass is 193 g/mol. The Bertz CT molecular complexity index is 297. The average molecular weight is 193 g/mol. The maximum Gasteiger partial charge on any atom is 0.148 e. The van der Waals surface area contributed by atoms with Gasteiger partial charge in [0.25, 0.3) is 0 Å². The second-order valence-electron chi connectivity index (χ2n) is 3.28. The molecule has 68 valence electrons. The van der Waals surface area contributed by atoms with Crippen molar-refractivity contribution in [1.29, 1.82) is 5.26 Å². The summed E-state index contributed by atoms with van der Waals surface area (Å²) >= 11 is 1.53. The van der Waals surface area contributed by atoms with E-state index in [4.69, 9.17) is 5.26 Å². The highest BCUT2D eigenvalue weighted by molar-refractivity contribution is 7.09. The van der Waals surface area contributed by atoms with Crippen LogP contribution in [0.3, 0.4) is 0 Å². The van der Waals surface area contributed by atoms with E-state index in [1.165, 1.54) is 24.2 Å². The molecule has 0 bridgehead atoms. The summed E-state index contributed by atoms with van der Waals surface area (Å²) in [5.74, 6) is 0.802. The number of hydrogen-bond acceptors (Lipinski definition) is 4. The Hall–Kier alpha value is -0.920. The molecule has 0 aromatic carbocycles. The molecule has 3 nitrogen and oxygen atoms in total. The molecule has 1 aliphatic rings. The highest BCUT2D eigenvalue weighted by Gasteiger charge is 2.23. The van der Waals surface area contributed by atoms with E-state index in [0.717, 1.165) is 17.5 Å². The summed E-state index contributed by atoms with van der Waals surface area (Å²) in [6, 6.07) is 2.02. The first-order valence-electron chi connectivity index (χ1n) is 4.42. The minimum atomic E-state index is -0.208. The molecular weight excluding hydrogens is 182 g/mol. The largest absolute Gasteiger partial charge is 0.296 e. The molecule has 0 amide bonds. The first-order chi connectivity index (χ1) is 6.40. The van der Waals surface area contributed by atoms with Crippen molar-refractivity contribution in [3.05, 3.63) is 16.6 Å². The van der Waals surface area contributed by atoms with Gasteiger partial charge in [-0.3, -0.25) is 5.32 Å². The number of nitrogens with one attached hydrogen (secondary N) is 1. The Balaban J connectivity index is 1.89. The Labute approximate surface area is 81.4 Å². The van der Waals surface area contributed by atoms with Crippen LogP contribution in [-0.4, -0.2) is 11.5 Å². The maximum absolute atomic E-state index is 8.89. The Morgan fingerprint density at radius 2 is 2.62 bits per heavy atom. The van der Waals surface area contributed by atoms with Crippen LogP contribution < -0.4 is 5.32 Å². The minimum absolute atomic E-state index is 0.208. The zero-order chi connectivity index (χ0) is 9.10. The van der Waals surface area contributed by atoms with Gasteiger partial charge in [-0.25, -0.2) is 4.98 Å². The van der Waals surface area contributed by atoms with E-state index >= 15 is 0 Å². The van der Waals surface area contributed by atoms with Gasteiger partial charge in [0.2, 0.25) is 0 Å². The van der Waals surface area contributed by atoms with E-state index in [1.807, 2.05) is 5.38 Å². The third-order valence-corrected chi connectivity index (χ3v) is 2.98. The maximum atomic E-state index is 8.89. The first-order valence-corrected chi connectivity index (χ1v) is 5.30. The smallest absolute Gasteiger partial charge is 0.148 e. The summed E-state index contributed by atoms with van der Waals surface area (Å²) in [4.78, 5) is 4.12. The third kappa shape index (κ3) is 2.27. The van der Waals surface area contributed by atoms with Gasteiger partial charge in [-0.2, -0.15) is 5.26 Å². The molecule has 2 rings (SSSR count). The number of nitriles is 1. The molecule has 1 aliphatic carbocycles. The molecule has 1 aromatic heterocycles. The summed E-state index contributed by atoms with van der Waals surface area (Å²) in [7, 11) is 0. The molecule has 0 spiro atoms. The zero-order valence-electron chi connectivity index (χ0n) is 7.23. The number of nitrogens with zero attached hydrogens (tertiary/aromatic N) is 2. The lowest BCUT2D eigenvalue weighted by Crippen LogP contribution is -2.22. The van der Waals surface area contributed by atoms with Gasteiger partial charge < -0.3 is 0 Å². The molecule has 1 fully saturated rings. The molecule has 1 unspecified atom stereocenters. The van der Waals surface area contributed by atoms with Crippen LogP contribution in [0.25, 0.3) is 0 Å². The van der Waals surface area contributed by atoms with Gasteiger partial charge >= 0.3 is 0 Å². The van der Waals surface area contributed by atoms with E-state index in [9.17, 15) is 0 Å². The fourth-order valence-electron chi connectivity index (χ4n) is 1.17. The second-order valence-corrected chi connectivity index (χ2v) is 4.21. The van der Waals surface area contributed by atoms with Gasteiger partial charge in [0.05, 0.1) is 6.07 Å². The molecule has 0 saturated heterocycles. The summed E-state index contributed by atoms with van der Waals surface area (Å²) in [6.07, 6.45) is 4.36. The fraction of sp³-hybridized carbons (Fsp3) is 0.556. The van der Waals surface area contributed by atoms with Crippen molar-refractivity contribution in [2.45, 2.75) is 18.9 Å². The minimum Gasteiger partial charge on any atom is -0.296 e. The van der Waals surface area contributed by atoms with E-state index in [-0.39, 0.29) is 6.04 Å². The van der Waals surface area contributed by atoms with E-state index in [2.05, 4.69) is 16.4 Å². The van der Waals surface area contributed by atoms with Crippen molar-refractivity contribution < 1.29 is 0 Å². The Morgan fingerprint density at radius 3 is 3.15 bits per heavy atom. The number of thiazole rings is 1. The molecule has 4 heteroatoms. The van der Waals surface area contributed by atoms with Crippen LogP contribution in [0.15, 0.2) is 11.6 Å². The normalized spacial score (nSPS) is 18.1. The van der Waals surface area contributed by atoms with Gasteiger partial charge in [-0.1, -0.05) is 0 Å². The lowest BCUT2D eigenvalue weighted by Gasteiger charge is -2.06. The summed E-state index contributed by atoms with van der Waals surface area (Å²) in [6.45, 7) is 0.956. The van der Waals surface area contributed by atoms with E-state index in [1.54, 1.807) is 6.20 Å². The third-order valence-electron chi connectivity index (χ3n) is 2.14. The van der Waals surface area contributed by atoms with Crippen LogP contribution in [0.2, 0.25) is 0 Å². The Kier molecular flexibility index (Phi) is 2.57. The summed E-state index contributed by atoms with van der Waals surface area (Å²) in [5.41, 5.74) is 0. The molecule has 13 heavy (non-hydrogen) atoms. The van der Waals surface area contributed by atoms with Crippen molar-refractivity contribution in [3.63, 3.8) is 0 Å². The van der Waals surface area contributed by atoms with Crippen LogP contribution in [0.1, 0.15) is 23.9 Å². The number of aromatic nitrogens is 1. The van der Waals surface area contributed by atoms with Crippen molar-refractivity contribution in [3.8, 4) is 6.07 Å². The summed E-state index contributed by atoms with van der Waals surface area (Å²) < 4.78 is 0. The predicted octanol–water partition coefficient (Wildman–Crippen LogP) is 1.71. The van der Waals surface area contributed by atoms with Gasteiger partial charge in [-0.15, -0.1) is 11.3 Å². The number of hydrogen-bond donors (Lipinski definition) is 1. The first kappa shape index (κ1) is 8.67. The van der Waals surface area contributed by atoms with Gasteiger partial charge in [0.15, 0.2) is 0 Å². The highest BCUT2D eigenvalue weighted by atomic mass is 32.1. The number of rotatable bonds is 4. The van der Waals surface area contributed by atoms with Gasteiger partial charge in [0, 0.05) is 11.6 Å². The lowest BCUT2D eigenvalue weighted by atomic mass is 10.3. The van der Waals surface area contributed by atoms with Crippen LogP contribution in [-0.2, 0) is 0 Å². The van der Waals surface area contributed by atoms with E-state index in [0.29, 0.717) is 0 Å². The fourth-order valence-corrected chi connectivity index (χ4v) is 1.83. The molecule has 1 aromatic rings. The highest BCUT2D eigenvalue weighted by Crippen LogP contribution is 2.28. The van der Waals surface area contributed by atoms with Crippen LogP contribution in [0, 0.1) is 17.2 Å². The quantitative estimate of drug-likeness (QED) is 0.792. The Morgan fingerprint density at radius 1 is 1.77 bits per heavy atom. The zero-order valence-corrected chi connectivity index (χ0v) is 8.05. The topological polar surface area (TPSA) is 48.7 Å². The standard InChI is InChI=1S/C9H11N3S/c10-5-8(9-11-3-4-13-9)12-6-7-1-2-7/h3-4,7-8,12H,1-2,6H2. The van der Waals surface area contributed by atoms with Crippen LogP contribution >= 0.6 is 11.3 Å². The van der Waals surface area contributed by atoms with Gasteiger partial charge in [0.1, 0.15) is 11.0 Å².